The highest BCUT2D eigenvalue weighted by molar-refractivity contribution is 5.98. The van der Waals surface area contributed by atoms with Crippen LogP contribution in [-0.2, 0) is 10.2 Å². The van der Waals surface area contributed by atoms with Crippen molar-refractivity contribution < 1.29 is 4.79 Å². The lowest BCUT2D eigenvalue weighted by Gasteiger charge is -2.34. The molecule has 21 heavy (non-hydrogen) atoms. The molecule has 1 aromatic carbocycles. The molecular formula is C18H24N2O. The van der Waals surface area contributed by atoms with Crippen LogP contribution in [-0.4, -0.2) is 25.5 Å². The van der Waals surface area contributed by atoms with Gasteiger partial charge in [0, 0.05) is 23.6 Å². The van der Waals surface area contributed by atoms with Gasteiger partial charge in [-0.3, -0.25) is 4.79 Å². The Morgan fingerprint density at radius 1 is 1.29 bits per heavy atom. The molecule has 1 atom stereocenters. The van der Waals surface area contributed by atoms with Crippen LogP contribution in [0.5, 0.6) is 0 Å². The van der Waals surface area contributed by atoms with Crippen molar-refractivity contribution in [2.45, 2.75) is 38.0 Å². The largest absolute Gasteiger partial charge is 0.316 e. The number of para-hydroxylation sites is 1. The summed E-state index contributed by atoms with van der Waals surface area (Å²) in [4.78, 5) is 15.1. The minimum atomic E-state index is 0.135. The summed E-state index contributed by atoms with van der Waals surface area (Å²) in [7, 11) is 0. The Labute approximate surface area is 126 Å². The highest BCUT2D eigenvalue weighted by Gasteiger charge is 2.47. The highest BCUT2D eigenvalue weighted by atomic mass is 16.2. The predicted octanol–water partition coefficient (Wildman–Crippen LogP) is 2.70. The van der Waals surface area contributed by atoms with Crippen molar-refractivity contribution in [2.24, 2.45) is 11.8 Å². The number of hydrogen-bond donors (Lipinski definition) is 1. The van der Waals surface area contributed by atoms with E-state index in [0.29, 0.717) is 11.8 Å². The number of fused-ring (bicyclic) bond motifs is 2. The molecular weight excluding hydrogens is 260 g/mol. The third kappa shape index (κ3) is 1.94. The molecule has 1 N–H and O–H groups in total. The standard InChI is InChI=1S/C18H24N2O/c1-13(14-10-19-11-14)17(21)20-12-18(8-4-5-9-18)15-6-2-3-7-16(15)20/h2-3,6-7,13-14,19H,4-5,8-12H2,1H3. The molecule has 3 aliphatic rings. The van der Waals surface area contributed by atoms with Crippen LogP contribution in [0.2, 0.25) is 0 Å². The summed E-state index contributed by atoms with van der Waals surface area (Å²) in [5.74, 6) is 0.985. The second kappa shape index (κ2) is 4.84. The fourth-order valence-corrected chi connectivity index (χ4v) is 4.42. The summed E-state index contributed by atoms with van der Waals surface area (Å²) < 4.78 is 0. The summed E-state index contributed by atoms with van der Waals surface area (Å²) in [5, 5.41) is 3.28. The lowest BCUT2D eigenvalue weighted by molar-refractivity contribution is -0.124. The topological polar surface area (TPSA) is 32.3 Å². The van der Waals surface area contributed by atoms with Gasteiger partial charge in [-0.05, 0) is 43.5 Å². The number of amides is 1. The van der Waals surface area contributed by atoms with Gasteiger partial charge in [0.05, 0.1) is 0 Å². The molecule has 2 heterocycles. The maximum atomic E-state index is 13.0. The van der Waals surface area contributed by atoms with Crippen molar-refractivity contribution in [2.75, 3.05) is 24.5 Å². The van der Waals surface area contributed by atoms with Crippen molar-refractivity contribution in [3.8, 4) is 0 Å². The Hall–Kier alpha value is -1.35. The average molecular weight is 284 g/mol. The molecule has 112 valence electrons. The minimum absolute atomic E-state index is 0.135. The number of carbonyl (C=O) groups is 1. The van der Waals surface area contributed by atoms with Gasteiger partial charge >= 0.3 is 0 Å². The van der Waals surface area contributed by atoms with Crippen LogP contribution in [0.3, 0.4) is 0 Å². The predicted molar refractivity (Wildman–Crippen MR) is 84.5 cm³/mol. The van der Waals surface area contributed by atoms with Crippen LogP contribution >= 0.6 is 0 Å². The van der Waals surface area contributed by atoms with Gasteiger partial charge in [0.2, 0.25) is 5.91 Å². The van der Waals surface area contributed by atoms with Crippen LogP contribution in [0, 0.1) is 11.8 Å². The lowest BCUT2D eigenvalue weighted by Crippen LogP contribution is -2.50. The Morgan fingerprint density at radius 3 is 2.67 bits per heavy atom. The third-order valence-electron chi connectivity index (χ3n) is 5.96. The third-order valence-corrected chi connectivity index (χ3v) is 5.96. The Morgan fingerprint density at radius 2 is 2.00 bits per heavy atom. The molecule has 1 spiro atoms. The van der Waals surface area contributed by atoms with Crippen molar-refractivity contribution in [1.29, 1.82) is 0 Å². The van der Waals surface area contributed by atoms with Gasteiger partial charge in [0.25, 0.3) is 0 Å². The van der Waals surface area contributed by atoms with Gasteiger partial charge < -0.3 is 10.2 Å². The summed E-state index contributed by atoms with van der Waals surface area (Å²) >= 11 is 0. The normalized spacial score (nSPS) is 24.9. The van der Waals surface area contributed by atoms with E-state index in [4.69, 9.17) is 0 Å². The number of hydrogen-bond acceptors (Lipinski definition) is 2. The molecule has 0 aromatic heterocycles. The van der Waals surface area contributed by atoms with Gasteiger partial charge in [-0.25, -0.2) is 0 Å². The molecule has 1 saturated carbocycles. The fraction of sp³-hybridized carbons (Fsp3) is 0.611. The van der Waals surface area contributed by atoms with Crippen LogP contribution in [0.15, 0.2) is 24.3 Å². The van der Waals surface area contributed by atoms with E-state index in [2.05, 4.69) is 41.4 Å². The SMILES string of the molecule is CC(C(=O)N1CC2(CCCC2)c2ccccc21)C1CNC1. The number of nitrogens with zero attached hydrogens (tertiary/aromatic N) is 1. The first-order valence-electron chi connectivity index (χ1n) is 8.33. The molecule has 1 unspecified atom stereocenters. The summed E-state index contributed by atoms with van der Waals surface area (Å²) in [6.45, 7) is 5.01. The van der Waals surface area contributed by atoms with Gasteiger partial charge in [-0.15, -0.1) is 0 Å². The molecule has 0 bridgehead atoms. The first kappa shape index (κ1) is 13.3. The van der Waals surface area contributed by atoms with Crippen molar-refractivity contribution in [1.82, 2.24) is 5.32 Å². The molecule has 1 amide bonds. The van der Waals surface area contributed by atoms with Gasteiger partial charge in [-0.1, -0.05) is 38.0 Å². The zero-order chi connectivity index (χ0) is 14.4. The van der Waals surface area contributed by atoms with Crippen molar-refractivity contribution in [3.05, 3.63) is 29.8 Å². The molecule has 1 aromatic rings. The van der Waals surface area contributed by atoms with Crippen molar-refractivity contribution >= 4 is 11.6 Å². The van der Waals surface area contributed by atoms with Gasteiger partial charge in [0.15, 0.2) is 0 Å². The first-order valence-corrected chi connectivity index (χ1v) is 8.33. The van der Waals surface area contributed by atoms with E-state index in [1.807, 2.05) is 0 Å². The van der Waals surface area contributed by atoms with E-state index in [9.17, 15) is 4.79 Å². The number of anilines is 1. The van der Waals surface area contributed by atoms with E-state index < -0.39 is 0 Å². The monoisotopic (exact) mass is 284 g/mol. The number of benzene rings is 1. The molecule has 2 fully saturated rings. The maximum Gasteiger partial charge on any atom is 0.230 e. The Balaban J connectivity index is 1.66. The molecule has 3 nitrogen and oxygen atoms in total. The highest BCUT2D eigenvalue weighted by Crippen LogP contribution is 2.50. The van der Waals surface area contributed by atoms with Crippen molar-refractivity contribution in [3.63, 3.8) is 0 Å². The second-order valence-corrected chi connectivity index (χ2v) is 7.14. The van der Waals surface area contributed by atoms with Crippen LogP contribution < -0.4 is 10.2 Å². The summed E-state index contributed by atoms with van der Waals surface area (Å²) in [5.41, 5.74) is 2.86. The minimum Gasteiger partial charge on any atom is -0.316 e. The number of nitrogens with one attached hydrogen (secondary N) is 1. The zero-order valence-corrected chi connectivity index (χ0v) is 12.8. The van der Waals surface area contributed by atoms with E-state index >= 15 is 0 Å². The number of rotatable bonds is 2. The van der Waals surface area contributed by atoms with Crippen LogP contribution in [0.25, 0.3) is 0 Å². The van der Waals surface area contributed by atoms with E-state index in [1.54, 1.807) is 0 Å². The fourth-order valence-electron chi connectivity index (χ4n) is 4.42. The molecule has 4 rings (SSSR count). The van der Waals surface area contributed by atoms with Gasteiger partial charge in [-0.2, -0.15) is 0 Å². The quantitative estimate of drug-likeness (QED) is 0.905. The molecule has 1 saturated heterocycles. The first-order chi connectivity index (χ1) is 10.2. The molecule has 3 heteroatoms. The van der Waals surface area contributed by atoms with E-state index in [0.717, 1.165) is 19.6 Å². The lowest BCUT2D eigenvalue weighted by atomic mass is 9.81. The average Bonchev–Trinajstić information content (AvgIpc) is 3.04. The van der Waals surface area contributed by atoms with Crippen LogP contribution in [0.1, 0.15) is 38.2 Å². The second-order valence-electron chi connectivity index (χ2n) is 7.14. The van der Waals surface area contributed by atoms with E-state index in [1.165, 1.54) is 36.9 Å². The summed E-state index contributed by atoms with van der Waals surface area (Å²) in [6.07, 6.45) is 5.09. The zero-order valence-electron chi connectivity index (χ0n) is 12.8. The smallest absolute Gasteiger partial charge is 0.230 e. The maximum absolute atomic E-state index is 13.0. The Kier molecular flexibility index (Phi) is 3.07. The molecule has 1 aliphatic carbocycles. The number of carbonyl (C=O) groups excluding carboxylic acids is 1. The van der Waals surface area contributed by atoms with Gasteiger partial charge in [0.1, 0.15) is 0 Å². The van der Waals surface area contributed by atoms with Crippen LogP contribution in [0.4, 0.5) is 5.69 Å². The molecule has 0 radical (unpaired) electrons. The Bertz CT molecular complexity index is 558. The summed E-state index contributed by atoms with van der Waals surface area (Å²) in [6, 6.07) is 8.60. The molecule has 2 aliphatic heterocycles. The van der Waals surface area contributed by atoms with E-state index in [-0.39, 0.29) is 11.3 Å².